The summed E-state index contributed by atoms with van der Waals surface area (Å²) in [5.74, 6) is -1.24. The summed E-state index contributed by atoms with van der Waals surface area (Å²) in [4.78, 5) is 37.9. The third-order valence-corrected chi connectivity index (χ3v) is 21.7. The maximum atomic E-state index is 12.7. The van der Waals surface area contributed by atoms with E-state index in [1.807, 2.05) is 158 Å². The number of aliphatic hydroxyl groups is 1. The predicted octanol–water partition coefficient (Wildman–Crippen LogP) is 31.0. The monoisotopic (exact) mass is 2770 g/mol. The van der Waals surface area contributed by atoms with Gasteiger partial charge in [0, 0.05) is 128 Å². The molecule has 7 aromatic carbocycles. The van der Waals surface area contributed by atoms with Crippen LogP contribution in [0.1, 0.15) is 162 Å². The van der Waals surface area contributed by atoms with Crippen molar-refractivity contribution in [3.05, 3.63) is 352 Å². The molecule has 0 aliphatic carbocycles. The second kappa shape index (κ2) is 78.1. The van der Waals surface area contributed by atoms with Crippen LogP contribution in [0, 0.1) is 51.8 Å². The Bertz CT molecular complexity index is 4820. The molecule has 13 nitrogen and oxygen atoms in total. The topological polar surface area (TPSA) is 156 Å². The van der Waals surface area contributed by atoms with Crippen LogP contribution in [0.4, 0.5) is 92.2 Å². The van der Waals surface area contributed by atoms with Crippen molar-refractivity contribution in [1.82, 2.24) is 0 Å². The first-order valence-corrected chi connectivity index (χ1v) is 45.5. The Hall–Kier alpha value is -4.28. The van der Waals surface area contributed by atoms with Gasteiger partial charge in [-0.2, -0.15) is 105 Å². The molecule has 0 spiro atoms. The zero-order valence-electron chi connectivity index (χ0n) is 75.7. The molecule has 2 N–H and O–H groups in total. The number of hydrogen-bond donors (Lipinski definition) is 2. The fourth-order valence-corrected chi connectivity index (χ4v) is 12.5. The van der Waals surface area contributed by atoms with Gasteiger partial charge in [-0.05, 0) is 349 Å². The van der Waals surface area contributed by atoms with Crippen LogP contribution in [0.15, 0.2) is 202 Å². The molecular formula is C97H101F21I5N2O11Y3-3. The molecule has 0 amide bonds. The fraction of sp³-hybridized carbons (Fsp3) is 0.340. The van der Waals surface area contributed by atoms with Crippen LogP contribution in [0.25, 0.3) is 20.8 Å². The molecule has 0 unspecified atom stereocenters. The summed E-state index contributed by atoms with van der Waals surface area (Å²) >= 11 is 9.80. The van der Waals surface area contributed by atoms with E-state index in [4.69, 9.17) is 51.8 Å². The van der Waals surface area contributed by atoms with E-state index >= 15 is 0 Å². The number of fused-ring (bicyclic) bond motifs is 2. The van der Waals surface area contributed by atoms with Gasteiger partial charge in [0.2, 0.25) is 6.54 Å². The number of ether oxygens (including phenoxy) is 6. The maximum absolute atomic E-state index is 12.7. The van der Waals surface area contributed by atoms with Crippen molar-refractivity contribution in [2.45, 2.75) is 162 Å². The van der Waals surface area contributed by atoms with Gasteiger partial charge in [-0.15, -0.1) is 31.9 Å². The third-order valence-electron chi connectivity index (χ3n) is 16.4. The van der Waals surface area contributed by atoms with Crippen molar-refractivity contribution in [3.63, 3.8) is 0 Å². The summed E-state index contributed by atoms with van der Waals surface area (Å²) in [6.07, 6.45) is -9.80. The quantitative estimate of drug-likeness (QED) is 0.0113. The van der Waals surface area contributed by atoms with Gasteiger partial charge >= 0.3 is 49.2 Å². The smallest absolute Gasteiger partial charge is 0.416 e. The molecule has 9 rings (SSSR count). The molecule has 2 heterocycles. The molecule has 42 heteroatoms. The molecule has 759 valence electrons. The summed E-state index contributed by atoms with van der Waals surface area (Å²) in [7, 11) is 0. The van der Waals surface area contributed by atoms with Crippen molar-refractivity contribution < 1.29 is 243 Å². The van der Waals surface area contributed by atoms with Crippen LogP contribution in [-0.2, 0) is 230 Å². The summed E-state index contributed by atoms with van der Waals surface area (Å²) in [5, 5.41) is 17.5. The van der Waals surface area contributed by atoms with Gasteiger partial charge in [0.25, 0.3) is 0 Å². The van der Waals surface area contributed by atoms with Crippen LogP contribution in [0.3, 0.4) is 0 Å². The van der Waals surface area contributed by atoms with Crippen LogP contribution in [-0.4, -0.2) is 81.0 Å². The Kier molecular flexibility index (Phi) is 80.4. The molecule has 139 heavy (non-hydrogen) atoms. The number of carbonyl (C=O) groups is 3. The minimum Gasteiger partial charge on any atom is -0.478 e. The molecule has 2 aliphatic rings. The number of carboxylic acids is 1. The largest absolute Gasteiger partial charge is 0.478 e. The molecule has 0 saturated carbocycles. The van der Waals surface area contributed by atoms with Crippen molar-refractivity contribution >= 4 is 142 Å². The van der Waals surface area contributed by atoms with E-state index in [0.29, 0.717) is 115 Å². The van der Waals surface area contributed by atoms with Crippen molar-refractivity contribution in [2.75, 3.05) is 52.7 Å². The number of nitrogens with zero attached hydrogens (tertiary/aromatic N) is 2. The number of aliphatic carboxylic acids is 1. The number of allylic oxidation sites excluding steroid dienone is 6. The third kappa shape index (κ3) is 64.5. The van der Waals surface area contributed by atoms with Crippen molar-refractivity contribution in [1.29, 1.82) is 0 Å². The van der Waals surface area contributed by atoms with E-state index < -0.39 is 88.1 Å². The number of ketones is 1. The SMILES string of the molecule is C/C=C/CCOCc1cc(C(F)(F)F)ccc1I.C=CC.C=CCCOCc1cc(C(F)(F)F)ccc1I.C=CC[CH2-].CC(=O)/C=C1\CCOCc2cc(C(F)(F)F)ccc21.O=C(O)/C=C1\CCOCc2cc(C(F)(F)F)ccc21.O=CCCOCc1cc(C(F)(F)F)ccc1I.OCc1cc(C(F)(F)F)ccc1I.[C-]#[N+]CCOCc1cc(C(F)(F)F)ccc1I.[C-]#[N+]C[CH2-].[CH2-]C/C=C/C.[Y].[Y].[Y]. The van der Waals surface area contributed by atoms with E-state index in [1.165, 1.54) is 55.5 Å². The first-order valence-electron chi connectivity index (χ1n) is 40.1. The van der Waals surface area contributed by atoms with Gasteiger partial charge < -0.3 is 67.0 Å². The van der Waals surface area contributed by atoms with Crippen LogP contribution >= 0.6 is 113 Å². The number of aliphatic hydroxyl groups excluding tert-OH is 1. The Labute approximate surface area is 941 Å². The second-order valence-electron chi connectivity index (χ2n) is 27.0. The molecule has 7 aromatic rings. The number of carboxylic acid groups (broad SMARTS) is 1. The van der Waals surface area contributed by atoms with Gasteiger partial charge in [0.1, 0.15) is 12.9 Å². The standard InChI is InChI=1S/C14H13F3O2.C13H14F3IO.C13H11F3O3.C12H12F3IO.C11H9F3INO.C11H10F3IO2.C8H6F3IO.C5H9.C4H7.C3H4N.C3H6.3Y/c1-9(18)6-10-4-5-19-8-11-7-12(14(15,16)17)2-3-13(10)11;1-2-3-4-7-18-9-10-8-11(13(14,15)16)5-6-12(10)17;14-13(15,16)10-1-2-11-8(6-12(17)18)3-4-19-7-9(11)5-10;1-2-3-6-17-8-9-7-10(12(13,14)15)4-5-11(9)16;1-16-4-5-17-7-8-6-9(11(12,13)14)2-3-10(8)15;12-11(13,14)9-2-3-10(15)8(6-9)7-17-5-1-4-16;9-8(10,11)6-1-2-7(12)5(3-6)4-13;1-3-5-4-2;2*1-3-4-2;1-3-2;;;/h2-3,6-7H,4-5,8H2,1H3;2-3,5-6,8H,4,7,9H2,1H3;1-2,5-6H,3-4,7H2,(H,17,18);2,4-5,7H,1,3,6,8H2;2-3,6H,4-5,7H2;2-4,6H,1,5,7H2;1-3,13H,4H2;4-5H,1,3H2,2H3;3H,1-2,4H2;1,3H2;3H,1H2,2H3;;;/q;;;;;;;3*-1;;;;/b10-6+;3-2+;8-6+;;;;;5-4+;;;;;;. The summed E-state index contributed by atoms with van der Waals surface area (Å²) in [6, 6.07) is 24.6. The number of hydrogen-bond acceptors (Lipinski definition) is 10. The predicted molar refractivity (Wildman–Crippen MR) is 525 cm³/mol. The van der Waals surface area contributed by atoms with Gasteiger partial charge in [0.05, 0.1) is 125 Å². The Balaban J connectivity index is -0.000000488. The number of alkyl halides is 21. The first-order chi connectivity index (χ1) is 63.6. The minimum atomic E-state index is -4.42. The van der Waals surface area contributed by atoms with Crippen molar-refractivity contribution in [2.24, 2.45) is 0 Å². The minimum absolute atomic E-state index is 0. The Morgan fingerprint density at radius 2 is 0.712 bits per heavy atom. The fourth-order valence-electron chi connectivity index (χ4n) is 10.0. The molecule has 3 radical (unpaired) electrons. The number of aldehydes is 1. The summed E-state index contributed by atoms with van der Waals surface area (Å²) in [6.45, 7) is 43.5. The average Bonchev–Trinajstić information content (AvgIpc) is 1.80. The van der Waals surface area contributed by atoms with E-state index in [1.54, 1.807) is 18.2 Å². The van der Waals surface area contributed by atoms with Gasteiger partial charge in [-0.1, -0.05) is 42.5 Å². The molecule has 0 fully saturated rings. The maximum Gasteiger partial charge on any atom is 0.416 e. The number of rotatable bonds is 24. The van der Waals surface area contributed by atoms with Crippen molar-refractivity contribution in [3.8, 4) is 0 Å². The molecule has 0 bridgehead atoms. The Morgan fingerprint density at radius 1 is 0.432 bits per heavy atom. The van der Waals surface area contributed by atoms with Crippen LogP contribution in [0.2, 0.25) is 0 Å². The second-order valence-corrected chi connectivity index (χ2v) is 32.8. The molecule has 0 aromatic heterocycles. The Morgan fingerprint density at radius 3 is 0.964 bits per heavy atom. The number of benzene rings is 7. The average molecular weight is 2770 g/mol. The number of halogens is 26. The van der Waals surface area contributed by atoms with Gasteiger partial charge in [-0.25, -0.2) is 17.9 Å². The zero-order valence-corrected chi connectivity index (χ0v) is 95.0. The zero-order chi connectivity index (χ0) is 104. The normalized spacial score (nSPS) is 12.6. The summed E-state index contributed by atoms with van der Waals surface area (Å²) in [5.41, 5.74) is 0.810. The van der Waals surface area contributed by atoms with E-state index in [-0.39, 0.29) is 183 Å². The molecule has 0 saturated heterocycles. The molecule has 0 atom stereocenters. The van der Waals surface area contributed by atoms with E-state index in [2.05, 4.69) is 50.2 Å². The summed E-state index contributed by atoms with van der Waals surface area (Å²) < 4.78 is 297. The van der Waals surface area contributed by atoms with Crippen LogP contribution in [0.5, 0.6) is 0 Å². The van der Waals surface area contributed by atoms with E-state index in [9.17, 15) is 107 Å². The number of carbonyl (C=O) groups excluding carboxylic acids is 2. The van der Waals surface area contributed by atoms with Crippen LogP contribution < -0.4 is 0 Å². The molecule has 2 aliphatic heterocycles. The first kappa shape index (κ1) is 143. The van der Waals surface area contributed by atoms with E-state index in [0.717, 1.165) is 127 Å². The molecular weight excluding hydrogens is 2670 g/mol. The van der Waals surface area contributed by atoms with Gasteiger partial charge in [-0.3, -0.25) is 11.7 Å². The van der Waals surface area contributed by atoms with Gasteiger partial charge in [0.15, 0.2) is 5.78 Å².